The molecule has 0 saturated heterocycles. The average Bonchev–Trinajstić information content (AvgIpc) is 1.65. The van der Waals surface area contributed by atoms with Crippen LogP contribution in [0.25, 0.3) is 0 Å². The highest BCUT2D eigenvalue weighted by Gasteiger charge is 2.17. The van der Waals surface area contributed by atoms with Crippen molar-refractivity contribution in [3.05, 3.63) is 0 Å². The summed E-state index contributed by atoms with van der Waals surface area (Å²) in [5.41, 5.74) is 0. The van der Waals surface area contributed by atoms with E-state index in [1.807, 2.05) is 0 Å². The largest absolute Gasteiger partial charge is 0.391 e. The molecule has 0 unspecified atom stereocenters. The predicted molar refractivity (Wildman–Crippen MR) is 39.2 cm³/mol. The van der Waals surface area contributed by atoms with Crippen LogP contribution in [-0.4, -0.2) is 42.9 Å². The van der Waals surface area contributed by atoms with E-state index in [2.05, 4.69) is 27.9 Å². The maximum Gasteiger partial charge on any atom is 0.102 e. The third-order valence-electron chi connectivity index (χ3n) is 2.07. The number of quaternary nitrogens is 1. The second-order valence-corrected chi connectivity index (χ2v) is 3.32. The molecule has 0 bridgehead atoms. The molecular formula is C7H18NO+. The van der Waals surface area contributed by atoms with Crippen LogP contribution in [-0.2, 0) is 0 Å². The van der Waals surface area contributed by atoms with Crippen LogP contribution in [0.2, 0.25) is 0 Å². The lowest BCUT2D eigenvalue weighted by Crippen LogP contribution is -2.47. The fourth-order valence-corrected chi connectivity index (χ4v) is 0.516. The minimum atomic E-state index is 0.283. The molecule has 2 heteroatoms. The highest BCUT2D eigenvalue weighted by Crippen LogP contribution is 2.03. The first-order chi connectivity index (χ1) is 4.00. The fraction of sp³-hybridized carbons (Fsp3) is 1.00. The standard InChI is InChI=1S/C7H18NO/c1-7(2)8(3,4)5-6-9/h7,9H,5-6H2,1-4H3/q+1. The van der Waals surface area contributed by atoms with Gasteiger partial charge < -0.3 is 9.59 Å². The fourth-order valence-electron chi connectivity index (χ4n) is 0.516. The summed E-state index contributed by atoms with van der Waals surface area (Å²) >= 11 is 0. The van der Waals surface area contributed by atoms with Gasteiger partial charge in [0.25, 0.3) is 0 Å². The van der Waals surface area contributed by atoms with Gasteiger partial charge in [-0.2, -0.15) is 0 Å². The van der Waals surface area contributed by atoms with E-state index < -0.39 is 0 Å². The minimum absolute atomic E-state index is 0.283. The molecule has 9 heavy (non-hydrogen) atoms. The number of aliphatic hydroxyl groups excluding tert-OH is 1. The van der Waals surface area contributed by atoms with Crippen molar-refractivity contribution < 1.29 is 9.59 Å². The van der Waals surface area contributed by atoms with Crippen LogP contribution in [0, 0.1) is 0 Å². The number of aliphatic hydroxyl groups is 1. The molecule has 2 nitrogen and oxygen atoms in total. The zero-order valence-corrected chi connectivity index (χ0v) is 6.89. The van der Waals surface area contributed by atoms with Crippen molar-refractivity contribution in [2.75, 3.05) is 27.2 Å². The van der Waals surface area contributed by atoms with Gasteiger partial charge in [-0.05, 0) is 13.8 Å². The van der Waals surface area contributed by atoms with Gasteiger partial charge in [-0.1, -0.05) is 0 Å². The second-order valence-electron chi connectivity index (χ2n) is 3.32. The Labute approximate surface area is 57.7 Å². The van der Waals surface area contributed by atoms with Crippen LogP contribution >= 0.6 is 0 Å². The predicted octanol–water partition coefficient (Wildman–Crippen LogP) is 0.464. The summed E-state index contributed by atoms with van der Waals surface area (Å²) in [6.07, 6.45) is 0. The van der Waals surface area contributed by atoms with Gasteiger partial charge in [0, 0.05) is 0 Å². The second kappa shape index (κ2) is 3.18. The summed E-state index contributed by atoms with van der Waals surface area (Å²) in [6, 6.07) is 0.595. The Balaban J connectivity index is 3.70. The van der Waals surface area contributed by atoms with Crippen LogP contribution in [0.15, 0.2) is 0 Å². The lowest BCUT2D eigenvalue weighted by molar-refractivity contribution is -0.911. The Bertz CT molecular complexity index is 79.0. The Hall–Kier alpha value is -0.0800. The molecule has 0 spiro atoms. The number of hydrogen-bond donors (Lipinski definition) is 1. The van der Waals surface area contributed by atoms with Gasteiger partial charge in [0.05, 0.1) is 26.7 Å². The van der Waals surface area contributed by atoms with Gasteiger partial charge in [-0.15, -0.1) is 0 Å². The average molecular weight is 132 g/mol. The molecule has 0 saturated carbocycles. The van der Waals surface area contributed by atoms with Crippen molar-refractivity contribution in [1.29, 1.82) is 0 Å². The van der Waals surface area contributed by atoms with E-state index in [1.54, 1.807) is 0 Å². The molecule has 0 atom stereocenters. The number of likely N-dealkylation sites (N-methyl/N-ethyl adjacent to an activating group) is 1. The number of rotatable bonds is 3. The SMILES string of the molecule is CC(C)[N+](C)(C)CCO. The van der Waals surface area contributed by atoms with Gasteiger partial charge in [0.1, 0.15) is 6.54 Å². The molecule has 0 radical (unpaired) electrons. The minimum Gasteiger partial charge on any atom is -0.391 e. The highest BCUT2D eigenvalue weighted by atomic mass is 16.3. The van der Waals surface area contributed by atoms with Crippen molar-refractivity contribution in [2.45, 2.75) is 19.9 Å². The van der Waals surface area contributed by atoms with Crippen molar-refractivity contribution in [2.24, 2.45) is 0 Å². The number of hydrogen-bond acceptors (Lipinski definition) is 1. The maximum atomic E-state index is 8.64. The number of nitrogens with zero attached hydrogens (tertiary/aromatic N) is 1. The molecule has 0 heterocycles. The normalized spacial score (nSPS) is 12.7. The zero-order valence-electron chi connectivity index (χ0n) is 6.89. The van der Waals surface area contributed by atoms with Crippen molar-refractivity contribution in [3.63, 3.8) is 0 Å². The van der Waals surface area contributed by atoms with Crippen LogP contribution in [0.3, 0.4) is 0 Å². The van der Waals surface area contributed by atoms with Crippen molar-refractivity contribution in [3.8, 4) is 0 Å². The first-order valence-corrected chi connectivity index (χ1v) is 3.44. The van der Waals surface area contributed by atoms with E-state index >= 15 is 0 Å². The molecule has 0 aliphatic carbocycles. The molecule has 0 aliphatic rings. The third-order valence-corrected chi connectivity index (χ3v) is 2.07. The molecule has 0 amide bonds. The third kappa shape index (κ3) is 2.82. The van der Waals surface area contributed by atoms with Crippen molar-refractivity contribution in [1.82, 2.24) is 0 Å². The lowest BCUT2D eigenvalue weighted by Gasteiger charge is -2.33. The summed E-state index contributed by atoms with van der Waals surface area (Å²) < 4.78 is 0.899. The van der Waals surface area contributed by atoms with E-state index in [4.69, 9.17) is 5.11 Å². The van der Waals surface area contributed by atoms with E-state index in [1.165, 1.54) is 0 Å². The Morgan fingerprint density at radius 2 is 1.78 bits per heavy atom. The summed E-state index contributed by atoms with van der Waals surface area (Å²) in [5, 5.41) is 8.64. The monoisotopic (exact) mass is 132 g/mol. The van der Waals surface area contributed by atoms with Gasteiger partial charge in [-0.3, -0.25) is 0 Å². The van der Waals surface area contributed by atoms with Gasteiger partial charge in [-0.25, -0.2) is 0 Å². The van der Waals surface area contributed by atoms with Crippen LogP contribution in [0.4, 0.5) is 0 Å². The molecule has 0 aromatic heterocycles. The highest BCUT2D eigenvalue weighted by molar-refractivity contribution is 4.38. The van der Waals surface area contributed by atoms with E-state index in [0.29, 0.717) is 6.04 Å². The molecule has 0 rings (SSSR count). The van der Waals surface area contributed by atoms with Crippen LogP contribution < -0.4 is 0 Å². The van der Waals surface area contributed by atoms with E-state index in [9.17, 15) is 0 Å². The summed E-state index contributed by atoms with van der Waals surface area (Å²) in [5.74, 6) is 0. The smallest absolute Gasteiger partial charge is 0.102 e. The van der Waals surface area contributed by atoms with Gasteiger partial charge in [0.2, 0.25) is 0 Å². The summed E-state index contributed by atoms with van der Waals surface area (Å²) in [4.78, 5) is 0. The Kier molecular flexibility index (Phi) is 3.15. The first-order valence-electron chi connectivity index (χ1n) is 3.44. The van der Waals surface area contributed by atoms with E-state index in [-0.39, 0.29) is 6.61 Å². The topological polar surface area (TPSA) is 20.2 Å². The molecule has 1 N–H and O–H groups in total. The summed E-state index contributed by atoms with van der Waals surface area (Å²) in [6.45, 7) is 5.45. The molecule has 0 fully saturated rings. The molecule has 0 aliphatic heterocycles. The van der Waals surface area contributed by atoms with Gasteiger partial charge >= 0.3 is 0 Å². The van der Waals surface area contributed by atoms with Gasteiger partial charge in [0.15, 0.2) is 0 Å². The quantitative estimate of drug-likeness (QED) is 0.553. The maximum absolute atomic E-state index is 8.64. The van der Waals surface area contributed by atoms with Crippen LogP contribution in [0.1, 0.15) is 13.8 Å². The Morgan fingerprint density at radius 1 is 1.33 bits per heavy atom. The van der Waals surface area contributed by atoms with E-state index in [0.717, 1.165) is 11.0 Å². The molecule has 56 valence electrons. The summed E-state index contributed by atoms with van der Waals surface area (Å²) in [7, 11) is 4.25. The molecular weight excluding hydrogens is 114 g/mol. The lowest BCUT2D eigenvalue weighted by atomic mass is 10.3. The first kappa shape index (κ1) is 8.92. The Morgan fingerprint density at radius 3 is 1.89 bits per heavy atom. The van der Waals surface area contributed by atoms with Crippen LogP contribution in [0.5, 0.6) is 0 Å². The van der Waals surface area contributed by atoms with Crippen molar-refractivity contribution >= 4 is 0 Å². The molecule has 0 aromatic rings. The zero-order chi connectivity index (χ0) is 7.49. The molecule has 0 aromatic carbocycles.